The second-order valence-electron chi connectivity index (χ2n) is 22.2. The van der Waals surface area contributed by atoms with E-state index in [0.29, 0.717) is 48.7 Å². The fourth-order valence-corrected chi connectivity index (χ4v) is 9.49. The van der Waals surface area contributed by atoms with Gasteiger partial charge in [0.2, 0.25) is 0 Å². The lowest BCUT2D eigenvalue weighted by Gasteiger charge is -2.13. The van der Waals surface area contributed by atoms with Crippen LogP contribution in [0, 0.1) is 0 Å². The van der Waals surface area contributed by atoms with Crippen molar-refractivity contribution in [2.75, 3.05) is 0 Å². The molecule has 0 spiro atoms. The van der Waals surface area contributed by atoms with E-state index in [0.717, 1.165) is 221 Å². The Labute approximate surface area is 511 Å². The molecule has 0 amide bonds. The van der Waals surface area contributed by atoms with Gasteiger partial charge >= 0.3 is 23.9 Å². The molecular weight excluding hydrogens is 1070 g/mol. The molecule has 0 saturated heterocycles. The molecule has 8 N–H and O–H groups in total. The van der Waals surface area contributed by atoms with Gasteiger partial charge < -0.3 is 40.9 Å². The molecule has 0 radical (unpaired) electrons. The summed E-state index contributed by atoms with van der Waals surface area (Å²) >= 11 is 0. The number of phenols is 4. The molecule has 0 bridgehead atoms. The monoisotopic (exact) mass is 1180 g/mol. The Morgan fingerprint density at radius 2 is 0.400 bits per heavy atom. The van der Waals surface area contributed by atoms with Gasteiger partial charge in [0.1, 0.15) is 23.0 Å². The first kappa shape index (κ1) is 77.9. The minimum Gasteiger partial charge on any atom is -0.507 e. The van der Waals surface area contributed by atoms with E-state index in [1.165, 1.54) is 0 Å². The maximum Gasteiger partial charge on any atom is 0.331 e. The number of unbranched alkanes of at least 4 members (excludes halogenated alkanes) is 8. The Kier molecular flexibility index (Phi) is 39.9. The van der Waals surface area contributed by atoms with Gasteiger partial charge in [-0.3, -0.25) is 0 Å². The van der Waals surface area contributed by atoms with Crippen LogP contribution in [0.5, 0.6) is 23.0 Å². The number of benzene rings is 4. The maximum absolute atomic E-state index is 10.9. The van der Waals surface area contributed by atoms with Crippen LogP contribution in [-0.4, -0.2) is 64.7 Å². The SMILES string of the molecule is C.C=C(Cc1cc(CCCC)c(O)c(CCCC)c1)C(=O)O.C=C(Cc1cc(CCCC)c(O)c(CCCC)c1)C(=O)O.C=C(Cc1cc(CCCC)c(O)c(CCCC)c1)C(=O)O.C=C(Cc1cc(CCCC)c(O)c(CCCC)c1)C(=O)O. The number of carboxylic acid groups (broad SMARTS) is 4. The molecule has 0 unspecified atom stereocenters. The lowest BCUT2D eigenvalue weighted by Crippen LogP contribution is -2.04. The number of aliphatic carboxylic acids is 4. The van der Waals surface area contributed by atoms with Crippen molar-refractivity contribution in [3.63, 3.8) is 0 Å². The highest BCUT2D eigenvalue weighted by Gasteiger charge is 2.17. The zero-order valence-corrected chi connectivity index (χ0v) is 52.5. The van der Waals surface area contributed by atoms with Gasteiger partial charge in [-0.1, -0.05) is 189 Å². The largest absolute Gasteiger partial charge is 0.507 e. The standard InChI is InChI=1S/4C18H26O3.CH4/c4*1-4-6-8-15-11-14(10-13(3)18(20)21)12-16(17(15)19)9-7-5-2;/h4*11-12,19H,3-10H2,1-2H3,(H,20,21);1H4. The number of carboxylic acids is 4. The van der Waals surface area contributed by atoms with Gasteiger partial charge in [0.15, 0.2) is 0 Å². The zero-order valence-electron chi connectivity index (χ0n) is 52.5. The normalized spacial score (nSPS) is 10.4. The van der Waals surface area contributed by atoms with E-state index in [1.54, 1.807) is 0 Å². The van der Waals surface area contributed by atoms with Crippen molar-refractivity contribution in [1.82, 2.24) is 0 Å². The van der Waals surface area contributed by atoms with E-state index in [9.17, 15) is 39.6 Å². The molecule has 4 aromatic carbocycles. The highest BCUT2D eigenvalue weighted by Crippen LogP contribution is 2.33. The van der Waals surface area contributed by atoms with E-state index in [1.807, 2.05) is 48.5 Å². The molecule has 12 nitrogen and oxygen atoms in total. The molecule has 12 heteroatoms. The molecule has 0 heterocycles. The summed E-state index contributed by atoms with van der Waals surface area (Å²) in [5, 5.41) is 77.4. The number of hydrogen-bond donors (Lipinski definition) is 8. The summed E-state index contributed by atoms with van der Waals surface area (Å²) in [5.41, 5.74) is 11.9. The summed E-state index contributed by atoms with van der Waals surface area (Å²) < 4.78 is 0. The van der Waals surface area contributed by atoms with Crippen LogP contribution in [0.25, 0.3) is 0 Å². The van der Waals surface area contributed by atoms with Gasteiger partial charge in [-0.25, -0.2) is 19.2 Å². The van der Waals surface area contributed by atoms with Crippen molar-refractivity contribution >= 4 is 23.9 Å². The Morgan fingerprint density at radius 1 is 0.282 bits per heavy atom. The predicted octanol–water partition coefficient (Wildman–Crippen LogP) is 17.7. The molecule has 4 aromatic rings. The van der Waals surface area contributed by atoms with Crippen LogP contribution >= 0.6 is 0 Å². The number of phenolic OH excluding ortho intramolecular Hbond substituents is 4. The zero-order chi connectivity index (χ0) is 63.3. The second kappa shape index (κ2) is 43.5. The van der Waals surface area contributed by atoms with E-state index >= 15 is 0 Å². The van der Waals surface area contributed by atoms with Gasteiger partial charge in [-0.2, -0.15) is 0 Å². The summed E-state index contributed by atoms with van der Waals surface area (Å²) in [6, 6.07) is 15.4. The number of aryl methyl sites for hydroxylation is 8. The van der Waals surface area contributed by atoms with Crippen molar-refractivity contribution < 1.29 is 60.0 Å². The van der Waals surface area contributed by atoms with Crippen LogP contribution in [0.2, 0.25) is 0 Å². The average molecular weight is 1180 g/mol. The molecule has 0 atom stereocenters. The Hall–Kier alpha value is -7.08. The minimum atomic E-state index is -0.965. The number of rotatable bonds is 36. The van der Waals surface area contributed by atoms with Crippen LogP contribution in [0.3, 0.4) is 0 Å². The minimum absolute atomic E-state index is 0. The summed E-state index contributed by atoms with van der Waals surface area (Å²) in [7, 11) is 0. The summed E-state index contributed by atoms with van der Waals surface area (Å²) in [4.78, 5) is 43.7. The molecule has 0 aromatic heterocycles. The van der Waals surface area contributed by atoms with E-state index in [2.05, 4.69) is 81.7 Å². The summed E-state index contributed by atoms with van der Waals surface area (Å²) in [6.07, 6.45) is 24.6. The van der Waals surface area contributed by atoms with Gasteiger partial charge in [0.25, 0.3) is 0 Å². The van der Waals surface area contributed by atoms with Crippen molar-refractivity contribution in [3.05, 3.63) is 164 Å². The first-order valence-corrected chi connectivity index (χ1v) is 31.0. The molecule has 472 valence electrons. The van der Waals surface area contributed by atoms with Gasteiger partial charge in [-0.05, 0) is 169 Å². The molecule has 85 heavy (non-hydrogen) atoms. The molecule has 0 aliphatic heterocycles. The van der Waals surface area contributed by atoms with E-state index in [4.69, 9.17) is 20.4 Å². The molecule has 4 rings (SSSR count). The Morgan fingerprint density at radius 3 is 0.494 bits per heavy atom. The summed E-state index contributed by atoms with van der Waals surface area (Å²) in [6.45, 7) is 31.3. The van der Waals surface area contributed by atoms with Gasteiger partial charge in [0, 0.05) is 48.0 Å². The van der Waals surface area contributed by atoms with Crippen molar-refractivity contribution in [2.45, 2.75) is 243 Å². The number of hydrogen-bond acceptors (Lipinski definition) is 8. The molecule has 0 saturated carbocycles. The van der Waals surface area contributed by atoms with Crippen molar-refractivity contribution in [3.8, 4) is 23.0 Å². The van der Waals surface area contributed by atoms with Crippen LogP contribution < -0.4 is 0 Å². The van der Waals surface area contributed by atoms with Crippen LogP contribution in [0.1, 0.15) is 232 Å². The number of aromatic hydroxyl groups is 4. The fraction of sp³-hybridized carbons (Fsp3) is 0.507. The third-order valence-corrected chi connectivity index (χ3v) is 14.6. The van der Waals surface area contributed by atoms with E-state index in [-0.39, 0.29) is 29.7 Å². The molecule has 0 fully saturated rings. The molecule has 0 aliphatic carbocycles. The van der Waals surface area contributed by atoms with Crippen molar-refractivity contribution in [2.24, 2.45) is 0 Å². The third-order valence-electron chi connectivity index (χ3n) is 14.6. The predicted molar refractivity (Wildman–Crippen MR) is 350 cm³/mol. The highest BCUT2D eigenvalue weighted by molar-refractivity contribution is 5.87. The van der Waals surface area contributed by atoms with Gasteiger partial charge in [0.05, 0.1) is 0 Å². The fourth-order valence-electron chi connectivity index (χ4n) is 9.49. The molecule has 0 aliphatic rings. The first-order valence-electron chi connectivity index (χ1n) is 31.0. The van der Waals surface area contributed by atoms with Crippen LogP contribution in [0.15, 0.2) is 97.1 Å². The van der Waals surface area contributed by atoms with Crippen LogP contribution in [0.4, 0.5) is 0 Å². The van der Waals surface area contributed by atoms with Gasteiger partial charge in [-0.15, -0.1) is 0 Å². The topological polar surface area (TPSA) is 230 Å². The highest BCUT2D eigenvalue weighted by atomic mass is 16.4. The molecular formula is C73H108O12. The lowest BCUT2D eigenvalue weighted by molar-refractivity contribution is -0.133. The average Bonchev–Trinajstić information content (AvgIpc) is 3.63. The van der Waals surface area contributed by atoms with Crippen LogP contribution in [-0.2, 0) is 96.2 Å². The second-order valence-corrected chi connectivity index (χ2v) is 22.2. The maximum atomic E-state index is 10.9. The smallest absolute Gasteiger partial charge is 0.331 e. The first-order chi connectivity index (χ1) is 40.0. The third kappa shape index (κ3) is 29.5. The Balaban J connectivity index is 0.00000110. The Bertz CT molecular complexity index is 2270. The quantitative estimate of drug-likeness (QED) is 0.0199. The van der Waals surface area contributed by atoms with E-state index < -0.39 is 23.9 Å². The van der Waals surface area contributed by atoms with Crippen molar-refractivity contribution in [1.29, 1.82) is 0 Å². The number of carbonyl (C=O) groups is 4. The lowest BCUT2D eigenvalue weighted by atomic mass is 9.94. The summed E-state index contributed by atoms with van der Waals surface area (Å²) in [5.74, 6) is -2.30.